The fourth-order valence-corrected chi connectivity index (χ4v) is 3.48. The first-order valence-electron chi connectivity index (χ1n) is 7.71. The molecule has 6 heteroatoms. The molecule has 0 spiro atoms. The van der Waals surface area contributed by atoms with Gasteiger partial charge in [-0.05, 0) is 38.5 Å². The molecule has 0 radical (unpaired) electrons. The number of furan rings is 1. The van der Waals surface area contributed by atoms with Gasteiger partial charge >= 0.3 is 0 Å². The molecule has 0 atom stereocenters. The normalized spacial score (nSPS) is 15.8. The first kappa shape index (κ1) is 16.5. The Morgan fingerprint density at radius 2 is 2.10 bits per heavy atom. The zero-order valence-corrected chi connectivity index (χ0v) is 13.9. The van der Waals surface area contributed by atoms with E-state index in [0.29, 0.717) is 36.6 Å². The summed E-state index contributed by atoms with van der Waals surface area (Å²) in [5.74, 6) is 1.73. The fourth-order valence-electron chi connectivity index (χ4n) is 2.21. The Bertz CT molecular complexity index is 559. The molecule has 0 aromatic carbocycles. The Labute approximate surface area is 127 Å². The van der Waals surface area contributed by atoms with Gasteiger partial charge in [-0.3, -0.25) is 0 Å². The van der Waals surface area contributed by atoms with Crippen LogP contribution in [0.25, 0.3) is 0 Å². The van der Waals surface area contributed by atoms with Crippen LogP contribution < -0.4 is 10.0 Å². The molecule has 0 bridgehead atoms. The Morgan fingerprint density at radius 3 is 2.71 bits per heavy atom. The van der Waals surface area contributed by atoms with Gasteiger partial charge < -0.3 is 9.73 Å². The monoisotopic (exact) mass is 314 g/mol. The molecule has 1 heterocycles. The number of nitrogens with one attached hydrogen (secondary N) is 2. The summed E-state index contributed by atoms with van der Waals surface area (Å²) in [5.41, 5.74) is 0. The van der Waals surface area contributed by atoms with Crippen LogP contribution in [0.15, 0.2) is 15.4 Å². The number of rotatable bonds is 9. The fraction of sp³-hybridized carbons (Fsp3) is 0.733. The highest BCUT2D eigenvalue weighted by atomic mass is 32.2. The first-order chi connectivity index (χ1) is 9.88. The van der Waals surface area contributed by atoms with Gasteiger partial charge in [0.15, 0.2) is 0 Å². The van der Waals surface area contributed by atoms with Crippen molar-refractivity contribution in [2.24, 2.45) is 5.92 Å². The van der Waals surface area contributed by atoms with Gasteiger partial charge in [0, 0.05) is 18.7 Å². The molecule has 2 N–H and O–H groups in total. The van der Waals surface area contributed by atoms with Crippen LogP contribution in [-0.2, 0) is 16.6 Å². The third-order valence-electron chi connectivity index (χ3n) is 3.61. The average Bonchev–Trinajstić information content (AvgIpc) is 3.14. The van der Waals surface area contributed by atoms with Crippen LogP contribution in [0.5, 0.6) is 0 Å². The van der Waals surface area contributed by atoms with Crippen molar-refractivity contribution >= 4 is 10.0 Å². The van der Waals surface area contributed by atoms with Gasteiger partial charge in [-0.25, -0.2) is 13.1 Å². The molecule has 1 saturated carbocycles. The van der Waals surface area contributed by atoms with E-state index < -0.39 is 10.0 Å². The Morgan fingerprint density at radius 1 is 1.38 bits per heavy atom. The molecule has 0 unspecified atom stereocenters. The minimum atomic E-state index is -3.46. The molecule has 1 aromatic heterocycles. The zero-order chi connectivity index (χ0) is 15.5. The molecule has 1 aromatic rings. The number of hydrogen-bond donors (Lipinski definition) is 2. The second kappa shape index (κ2) is 6.94. The third kappa shape index (κ3) is 5.13. The van der Waals surface area contributed by atoms with E-state index in [9.17, 15) is 8.42 Å². The zero-order valence-electron chi connectivity index (χ0n) is 13.1. The highest BCUT2D eigenvalue weighted by Gasteiger charge is 2.23. The average molecular weight is 314 g/mol. The largest absolute Gasteiger partial charge is 0.464 e. The van der Waals surface area contributed by atoms with Crippen LogP contribution in [0.2, 0.25) is 0 Å². The van der Waals surface area contributed by atoms with E-state index in [1.165, 1.54) is 12.8 Å². The van der Waals surface area contributed by atoms with Gasteiger partial charge in [0.25, 0.3) is 0 Å². The van der Waals surface area contributed by atoms with Crippen LogP contribution in [0, 0.1) is 12.8 Å². The number of sulfonamides is 1. The SMILES string of the molecule is Cc1oc(CNC2CC2)cc1S(=O)(=O)NCCCC(C)C. The second-order valence-electron chi connectivity index (χ2n) is 6.22. The van der Waals surface area contributed by atoms with E-state index in [1.807, 2.05) is 0 Å². The summed E-state index contributed by atoms with van der Waals surface area (Å²) in [6, 6.07) is 2.21. The number of hydrogen-bond acceptors (Lipinski definition) is 4. The summed E-state index contributed by atoms with van der Waals surface area (Å²) >= 11 is 0. The topological polar surface area (TPSA) is 71.3 Å². The molecule has 1 fully saturated rings. The van der Waals surface area contributed by atoms with E-state index in [2.05, 4.69) is 23.9 Å². The summed E-state index contributed by atoms with van der Waals surface area (Å²) in [6.45, 7) is 7.03. The lowest BCUT2D eigenvalue weighted by atomic mass is 10.1. The van der Waals surface area contributed by atoms with Crippen molar-refractivity contribution in [2.75, 3.05) is 6.54 Å². The van der Waals surface area contributed by atoms with E-state index in [4.69, 9.17) is 4.42 Å². The van der Waals surface area contributed by atoms with Gasteiger partial charge in [0.2, 0.25) is 10.0 Å². The Balaban J connectivity index is 1.91. The minimum Gasteiger partial charge on any atom is -0.464 e. The van der Waals surface area contributed by atoms with Crippen LogP contribution in [0.3, 0.4) is 0 Å². The third-order valence-corrected chi connectivity index (χ3v) is 5.17. The highest BCUT2D eigenvalue weighted by molar-refractivity contribution is 7.89. The molecule has 0 aliphatic heterocycles. The molecule has 21 heavy (non-hydrogen) atoms. The Kier molecular flexibility index (Phi) is 5.46. The molecule has 0 saturated heterocycles. The van der Waals surface area contributed by atoms with Gasteiger partial charge in [-0.15, -0.1) is 0 Å². The van der Waals surface area contributed by atoms with Gasteiger partial charge in [0.05, 0.1) is 6.54 Å². The molecule has 1 aliphatic carbocycles. The Hall–Kier alpha value is -0.850. The van der Waals surface area contributed by atoms with E-state index >= 15 is 0 Å². The van der Waals surface area contributed by atoms with Gasteiger partial charge in [0.1, 0.15) is 16.4 Å². The summed E-state index contributed by atoms with van der Waals surface area (Å²) in [7, 11) is -3.46. The maximum Gasteiger partial charge on any atom is 0.244 e. The molecular formula is C15H26N2O3S. The maximum absolute atomic E-state index is 12.3. The number of aryl methyl sites for hydroxylation is 1. The van der Waals surface area contributed by atoms with Crippen LogP contribution in [0.4, 0.5) is 0 Å². The van der Waals surface area contributed by atoms with Crippen LogP contribution in [-0.4, -0.2) is 21.0 Å². The van der Waals surface area contributed by atoms with Crippen molar-refractivity contribution < 1.29 is 12.8 Å². The van der Waals surface area contributed by atoms with Crippen molar-refractivity contribution in [2.45, 2.75) is 63.9 Å². The second-order valence-corrected chi connectivity index (χ2v) is 7.96. The molecule has 0 amide bonds. The van der Waals surface area contributed by atoms with E-state index in [-0.39, 0.29) is 4.90 Å². The minimum absolute atomic E-state index is 0.264. The highest BCUT2D eigenvalue weighted by Crippen LogP contribution is 2.22. The predicted octanol–water partition coefficient (Wildman–Crippen LogP) is 2.55. The standard InChI is InChI=1S/C15H26N2O3S/c1-11(2)5-4-8-17-21(18,19)15-9-14(20-12(15)3)10-16-13-6-7-13/h9,11,13,16-17H,4-8,10H2,1-3H3. The molecule has 5 nitrogen and oxygen atoms in total. The summed E-state index contributed by atoms with van der Waals surface area (Å²) in [5, 5.41) is 3.32. The lowest BCUT2D eigenvalue weighted by Crippen LogP contribution is -2.25. The molecular weight excluding hydrogens is 288 g/mol. The van der Waals surface area contributed by atoms with Crippen LogP contribution >= 0.6 is 0 Å². The van der Waals surface area contributed by atoms with E-state index in [0.717, 1.165) is 12.8 Å². The quantitative estimate of drug-likeness (QED) is 0.687. The van der Waals surface area contributed by atoms with Crippen molar-refractivity contribution in [3.8, 4) is 0 Å². The van der Waals surface area contributed by atoms with Crippen LogP contribution in [0.1, 0.15) is 51.1 Å². The van der Waals surface area contributed by atoms with Crippen molar-refractivity contribution in [1.29, 1.82) is 0 Å². The predicted molar refractivity (Wildman–Crippen MR) is 82.6 cm³/mol. The molecule has 1 aliphatic rings. The summed E-state index contributed by atoms with van der Waals surface area (Å²) < 4.78 is 32.7. The van der Waals surface area contributed by atoms with Gasteiger partial charge in [-0.1, -0.05) is 13.8 Å². The molecule has 2 rings (SSSR count). The summed E-state index contributed by atoms with van der Waals surface area (Å²) in [4.78, 5) is 0.264. The van der Waals surface area contributed by atoms with E-state index in [1.54, 1.807) is 13.0 Å². The lowest BCUT2D eigenvalue weighted by molar-refractivity contribution is 0.456. The molecule has 120 valence electrons. The summed E-state index contributed by atoms with van der Waals surface area (Å²) in [6.07, 6.45) is 4.26. The smallest absolute Gasteiger partial charge is 0.244 e. The maximum atomic E-state index is 12.3. The lowest BCUT2D eigenvalue weighted by Gasteiger charge is -2.06. The van der Waals surface area contributed by atoms with Crippen molar-refractivity contribution in [3.63, 3.8) is 0 Å². The van der Waals surface area contributed by atoms with Gasteiger partial charge in [-0.2, -0.15) is 0 Å². The van der Waals surface area contributed by atoms with Crippen molar-refractivity contribution in [3.05, 3.63) is 17.6 Å². The first-order valence-corrected chi connectivity index (χ1v) is 9.19. The van der Waals surface area contributed by atoms with Crippen molar-refractivity contribution in [1.82, 2.24) is 10.0 Å².